The number of anilines is 1. The molecule has 2 heterocycles. The molecule has 0 aromatic heterocycles. The molecule has 5 aromatic carbocycles. The van der Waals surface area contributed by atoms with Gasteiger partial charge in [-0.3, -0.25) is 14.4 Å². The predicted octanol–water partition coefficient (Wildman–Crippen LogP) is 6.39. The summed E-state index contributed by atoms with van der Waals surface area (Å²) >= 11 is 1.30. The number of carbonyl (C=O) groups is 5. The summed E-state index contributed by atoms with van der Waals surface area (Å²) in [6.07, 6.45) is -1.24. The van der Waals surface area contributed by atoms with Gasteiger partial charge in [0.1, 0.15) is 22.9 Å². The van der Waals surface area contributed by atoms with E-state index in [-0.39, 0.29) is 37.5 Å². The molecule has 12 nitrogen and oxygen atoms in total. The van der Waals surface area contributed by atoms with Crippen LogP contribution in [0.1, 0.15) is 53.7 Å². The number of hydrogen-bond acceptors (Lipinski definition) is 9. The first-order valence-corrected chi connectivity index (χ1v) is 20.9. The third-order valence-corrected chi connectivity index (χ3v) is 12.2. The van der Waals surface area contributed by atoms with Crippen LogP contribution in [0.4, 0.5) is 10.5 Å². The standard InChI is InChI=1S/C47H46N4O8S/c52-30-47(45(56)59-41(34-21-10-3-11-22-34)35-23-12-4-13-24-35)29-51-42(54)39(43(51)60-31-47)50-38(53)28-16-27-37(49-46(57)48-36-25-14-5-15-26-36)44(55)58-40(32-17-6-1-7-18-32)33-19-8-2-9-20-33/h1-15,17-26,37,39-41,43,52H,16,27-31H2,(H,50,53)(H2,48,49,57)/t37?,39?,43-,47?/m1/s1. The van der Waals surface area contributed by atoms with Crippen LogP contribution >= 0.6 is 11.8 Å². The number of para-hydroxylation sites is 1. The van der Waals surface area contributed by atoms with Gasteiger partial charge >= 0.3 is 18.0 Å². The van der Waals surface area contributed by atoms with E-state index in [0.29, 0.717) is 5.69 Å². The number of fused-ring (bicyclic) bond motifs is 1. The highest BCUT2D eigenvalue weighted by molar-refractivity contribution is 8.00. The molecule has 3 unspecified atom stereocenters. The Morgan fingerprint density at radius 1 is 0.717 bits per heavy atom. The van der Waals surface area contributed by atoms with Gasteiger partial charge in [0.05, 0.1) is 6.61 Å². The van der Waals surface area contributed by atoms with Gasteiger partial charge in [0.2, 0.25) is 11.8 Å². The van der Waals surface area contributed by atoms with Crippen molar-refractivity contribution in [3.05, 3.63) is 174 Å². The fourth-order valence-corrected chi connectivity index (χ4v) is 8.84. The van der Waals surface area contributed by atoms with E-state index in [2.05, 4.69) is 16.0 Å². The maximum Gasteiger partial charge on any atom is 0.329 e. The van der Waals surface area contributed by atoms with Crippen LogP contribution in [0.2, 0.25) is 0 Å². The van der Waals surface area contributed by atoms with Crippen LogP contribution in [0.15, 0.2) is 152 Å². The molecule has 2 aliphatic heterocycles. The first-order valence-electron chi connectivity index (χ1n) is 19.8. The van der Waals surface area contributed by atoms with Crippen LogP contribution in [-0.4, -0.2) is 76.2 Å². The molecule has 2 aliphatic rings. The molecule has 2 fully saturated rings. The summed E-state index contributed by atoms with van der Waals surface area (Å²) in [5, 5.41) is 18.4. The highest BCUT2D eigenvalue weighted by Gasteiger charge is 2.58. The quantitative estimate of drug-likeness (QED) is 0.0652. The third-order valence-electron chi connectivity index (χ3n) is 10.6. The Hall–Kier alpha value is -6.44. The number of ether oxygens (including phenoxy) is 2. The summed E-state index contributed by atoms with van der Waals surface area (Å²) in [4.78, 5) is 69.1. The minimum absolute atomic E-state index is 0.0407. The van der Waals surface area contributed by atoms with Gasteiger partial charge in [-0.25, -0.2) is 9.59 Å². The number of aliphatic hydroxyl groups is 1. The number of benzene rings is 5. The van der Waals surface area contributed by atoms with Crippen molar-refractivity contribution in [3.8, 4) is 0 Å². The van der Waals surface area contributed by atoms with Crippen molar-refractivity contribution in [2.24, 2.45) is 5.41 Å². The van der Waals surface area contributed by atoms with E-state index in [1.165, 1.54) is 16.7 Å². The molecule has 0 aliphatic carbocycles. The second-order valence-electron chi connectivity index (χ2n) is 14.8. The molecular weight excluding hydrogens is 781 g/mol. The molecule has 4 N–H and O–H groups in total. The zero-order valence-electron chi connectivity index (χ0n) is 32.7. The summed E-state index contributed by atoms with van der Waals surface area (Å²) in [6.45, 7) is -0.587. The monoisotopic (exact) mass is 826 g/mol. The number of nitrogens with zero attached hydrogens (tertiary/aromatic N) is 1. The topological polar surface area (TPSA) is 163 Å². The lowest BCUT2D eigenvalue weighted by atomic mass is 9.87. The Bertz CT molecular complexity index is 2160. The fourth-order valence-electron chi connectivity index (χ4n) is 7.32. The van der Waals surface area contributed by atoms with Gasteiger partial charge in [-0.15, -0.1) is 11.8 Å². The van der Waals surface area contributed by atoms with Gasteiger partial charge in [-0.05, 0) is 47.2 Å². The highest BCUT2D eigenvalue weighted by atomic mass is 32.2. The smallest absolute Gasteiger partial charge is 0.329 e. The average Bonchev–Trinajstić information content (AvgIpc) is 3.29. The highest BCUT2D eigenvalue weighted by Crippen LogP contribution is 2.43. The molecule has 4 amide bonds. The average molecular weight is 827 g/mol. The van der Waals surface area contributed by atoms with E-state index in [1.54, 1.807) is 24.3 Å². The lowest BCUT2D eigenvalue weighted by molar-refractivity contribution is -0.168. The number of carbonyl (C=O) groups excluding carboxylic acids is 5. The van der Waals surface area contributed by atoms with Crippen LogP contribution in [0.25, 0.3) is 0 Å². The molecule has 0 saturated carbocycles. The predicted molar refractivity (Wildman–Crippen MR) is 227 cm³/mol. The number of nitrogens with one attached hydrogen (secondary N) is 3. The second kappa shape index (κ2) is 19.5. The molecule has 60 heavy (non-hydrogen) atoms. The largest absolute Gasteiger partial charge is 0.452 e. The molecule has 2 saturated heterocycles. The molecule has 5 aromatic rings. The zero-order chi connectivity index (χ0) is 41.9. The Labute approximate surface area is 352 Å². The Balaban J connectivity index is 0.964. The minimum atomic E-state index is -1.36. The molecule has 13 heteroatoms. The van der Waals surface area contributed by atoms with E-state index in [0.717, 1.165) is 22.3 Å². The van der Waals surface area contributed by atoms with Crippen molar-refractivity contribution in [2.45, 2.75) is 48.9 Å². The van der Waals surface area contributed by atoms with Gasteiger partial charge < -0.3 is 35.4 Å². The van der Waals surface area contributed by atoms with E-state index in [1.807, 2.05) is 127 Å². The van der Waals surface area contributed by atoms with Crippen LogP contribution in [0.3, 0.4) is 0 Å². The number of β-lactam (4-membered cyclic amide) rings is 1. The summed E-state index contributed by atoms with van der Waals surface area (Å²) in [6, 6.07) is 43.5. The first kappa shape index (κ1) is 41.7. The molecule has 0 bridgehead atoms. The Morgan fingerprint density at radius 2 is 1.20 bits per heavy atom. The van der Waals surface area contributed by atoms with Crippen molar-refractivity contribution in [2.75, 3.05) is 24.2 Å². The van der Waals surface area contributed by atoms with Crippen molar-refractivity contribution < 1.29 is 38.6 Å². The van der Waals surface area contributed by atoms with Crippen LogP contribution < -0.4 is 16.0 Å². The molecule has 308 valence electrons. The van der Waals surface area contributed by atoms with Gasteiger partial charge in [-0.1, -0.05) is 140 Å². The third kappa shape index (κ3) is 9.87. The van der Waals surface area contributed by atoms with Crippen molar-refractivity contribution >= 4 is 47.2 Å². The van der Waals surface area contributed by atoms with Gasteiger partial charge in [-0.2, -0.15) is 0 Å². The van der Waals surface area contributed by atoms with Crippen molar-refractivity contribution in [1.29, 1.82) is 0 Å². The van der Waals surface area contributed by atoms with Crippen molar-refractivity contribution in [3.63, 3.8) is 0 Å². The SMILES string of the molecule is O=C(CCCC(NC(=O)Nc1ccccc1)C(=O)OC(c1ccccc1)c1ccccc1)NC1C(=O)N2CC(CO)(C(=O)OC(c3ccccc3)c3ccccc3)CS[C@H]12. The lowest BCUT2D eigenvalue weighted by Gasteiger charge is -2.53. The molecular formula is C47H46N4O8S. The van der Waals surface area contributed by atoms with Gasteiger partial charge in [0.15, 0.2) is 12.2 Å². The minimum Gasteiger partial charge on any atom is -0.452 e. The van der Waals surface area contributed by atoms with Gasteiger partial charge in [0, 0.05) is 24.4 Å². The number of thioether (sulfide) groups is 1. The normalized spacial score (nSPS) is 18.7. The van der Waals surface area contributed by atoms with E-state index < -0.39 is 65.6 Å². The van der Waals surface area contributed by atoms with Crippen molar-refractivity contribution in [1.82, 2.24) is 15.5 Å². The molecule has 4 atom stereocenters. The molecule has 0 spiro atoms. The number of urea groups is 1. The maximum absolute atomic E-state index is 13.9. The summed E-state index contributed by atoms with van der Waals surface area (Å²) < 4.78 is 12.2. The molecule has 0 radical (unpaired) electrons. The molecule has 7 rings (SSSR count). The van der Waals surface area contributed by atoms with Gasteiger partial charge in [0.25, 0.3) is 0 Å². The van der Waals surface area contributed by atoms with E-state index >= 15 is 0 Å². The van der Waals surface area contributed by atoms with E-state index in [9.17, 15) is 29.1 Å². The number of esters is 2. The number of aliphatic hydroxyl groups excluding tert-OH is 1. The first-order chi connectivity index (χ1) is 29.2. The van der Waals surface area contributed by atoms with Crippen LogP contribution in [0, 0.1) is 5.41 Å². The zero-order valence-corrected chi connectivity index (χ0v) is 33.5. The van der Waals surface area contributed by atoms with Crippen LogP contribution in [0.5, 0.6) is 0 Å². The summed E-state index contributed by atoms with van der Waals surface area (Å²) in [7, 11) is 0. The Kier molecular flexibility index (Phi) is 13.6. The lowest BCUT2D eigenvalue weighted by Crippen LogP contribution is -2.74. The summed E-state index contributed by atoms with van der Waals surface area (Å²) in [5.74, 6) is -1.90. The van der Waals surface area contributed by atoms with E-state index in [4.69, 9.17) is 9.47 Å². The maximum atomic E-state index is 13.9. The number of rotatable bonds is 16. The Morgan fingerprint density at radius 3 is 1.70 bits per heavy atom. The van der Waals surface area contributed by atoms with Crippen LogP contribution in [-0.2, 0) is 28.7 Å². The number of hydrogen-bond donors (Lipinski definition) is 4. The summed E-state index contributed by atoms with van der Waals surface area (Å²) in [5.41, 5.74) is 2.21. The fraction of sp³-hybridized carbons (Fsp3) is 0.255. The number of amides is 4. The second-order valence-corrected chi connectivity index (χ2v) is 15.9.